The van der Waals surface area contributed by atoms with Gasteiger partial charge in [0, 0.05) is 51.0 Å². The van der Waals surface area contributed by atoms with E-state index >= 15 is 0 Å². The zero-order valence-corrected chi connectivity index (χ0v) is 35.3. The van der Waals surface area contributed by atoms with Crippen LogP contribution >= 0.6 is 10.8 Å². The van der Waals surface area contributed by atoms with Crippen molar-refractivity contribution in [2.24, 2.45) is 0 Å². The Balaban J connectivity index is 1.14. The third-order valence-corrected chi connectivity index (χ3v) is 12.7. The summed E-state index contributed by atoms with van der Waals surface area (Å²) in [5, 5.41) is 1.85. The molecule has 11 rings (SSSR count). The van der Waals surface area contributed by atoms with Gasteiger partial charge in [0.15, 0.2) is 21.0 Å². The lowest BCUT2D eigenvalue weighted by atomic mass is 10.0. The SMILES string of the molecule is [O-][s+]1c2cc(N(c3ccccc3)c3ccccc3)ccc2c2ccc(N(c3cc(-c4ccccc4)cc(-c4ccccc4)n3)c3nc(-c4ccccc4)nc(-c4ccccc4)n3)cc21. The third kappa shape index (κ3) is 7.43. The summed E-state index contributed by atoms with van der Waals surface area (Å²) in [6.45, 7) is 0. The molecule has 0 radical (unpaired) electrons. The fourth-order valence-corrected chi connectivity index (χ4v) is 9.65. The van der Waals surface area contributed by atoms with Gasteiger partial charge in [-0.3, -0.25) is 4.90 Å². The molecule has 0 bridgehead atoms. The zero-order chi connectivity index (χ0) is 42.8. The van der Waals surface area contributed by atoms with Crippen molar-refractivity contribution in [2.75, 3.05) is 9.80 Å². The van der Waals surface area contributed by atoms with E-state index in [0.717, 1.165) is 66.0 Å². The van der Waals surface area contributed by atoms with E-state index in [1.807, 2.05) is 150 Å². The summed E-state index contributed by atoms with van der Waals surface area (Å²) < 4.78 is 16.4. The van der Waals surface area contributed by atoms with Gasteiger partial charge in [0.25, 0.3) is 0 Å². The number of fused-ring (bicyclic) bond motifs is 3. The highest BCUT2D eigenvalue weighted by Crippen LogP contribution is 2.47. The minimum atomic E-state index is -1.52. The molecule has 0 spiro atoms. The lowest BCUT2D eigenvalue weighted by Gasteiger charge is -2.25. The van der Waals surface area contributed by atoms with Crippen LogP contribution in [0.4, 0.5) is 34.5 Å². The molecule has 8 heteroatoms. The topological polar surface area (TPSA) is 81.1 Å². The molecule has 64 heavy (non-hydrogen) atoms. The molecular formula is C56H38N6OS. The number of nitrogens with zero attached hydrogens (tertiary/aromatic N) is 6. The van der Waals surface area contributed by atoms with Gasteiger partial charge < -0.3 is 9.45 Å². The Morgan fingerprint density at radius 2 is 0.750 bits per heavy atom. The fraction of sp³-hybridized carbons (Fsp3) is 0. The van der Waals surface area contributed by atoms with Crippen LogP contribution in [0.3, 0.4) is 0 Å². The smallest absolute Gasteiger partial charge is 0.239 e. The number of thiophene rings is 1. The van der Waals surface area contributed by atoms with Crippen molar-refractivity contribution < 1.29 is 4.55 Å². The van der Waals surface area contributed by atoms with Crippen molar-refractivity contribution in [1.82, 2.24) is 19.9 Å². The van der Waals surface area contributed by atoms with Crippen LogP contribution in [0.25, 0.3) is 65.3 Å². The number of hydrogen-bond acceptors (Lipinski definition) is 7. The fourth-order valence-electron chi connectivity index (χ4n) is 8.20. The van der Waals surface area contributed by atoms with E-state index in [1.165, 1.54) is 0 Å². The normalized spacial score (nSPS) is 11.5. The molecule has 8 aromatic carbocycles. The first-order chi connectivity index (χ1) is 31.6. The second-order valence-electron chi connectivity index (χ2n) is 15.3. The molecule has 1 atom stereocenters. The maximum Gasteiger partial charge on any atom is 0.239 e. The van der Waals surface area contributed by atoms with Gasteiger partial charge in [-0.25, -0.2) is 9.97 Å². The third-order valence-electron chi connectivity index (χ3n) is 11.3. The van der Waals surface area contributed by atoms with Gasteiger partial charge in [-0.05, 0) is 82.5 Å². The van der Waals surface area contributed by atoms with Gasteiger partial charge in [-0.2, -0.15) is 9.97 Å². The lowest BCUT2D eigenvalue weighted by molar-refractivity contribution is 0.602. The van der Waals surface area contributed by atoms with Crippen LogP contribution in [-0.2, 0) is 0 Å². The minimum Gasteiger partial charge on any atom is -0.590 e. The summed E-state index contributed by atoms with van der Waals surface area (Å²) in [5.74, 6) is 2.00. The summed E-state index contributed by atoms with van der Waals surface area (Å²) in [4.78, 5) is 25.0. The maximum atomic E-state index is 15.0. The number of para-hydroxylation sites is 2. The number of benzene rings is 8. The van der Waals surface area contributed by atoms with Crippen LogP contribution in [0.5, 0.6) is 0 Å². The van der Waals surface area contributed by atoms with Crippen molar-refractivity contribution >= 4 is 65.4 Å². The number of rotatable bonds is 10. The van der Waals surface area contributed by atoms with Crippen LogP contribution in [-0.4, -0.2) is 24.5 Å². The predicted molar refractivity (Wildman–Crippen MR) is 262 cm³/mol. The maximum absolute atomic E-state index is 15.0. The molecule has 11 aromatic rings. The first-order valence-corrected chi connectivity index (χ1v) is 22.2. The van der Waals surface area contributed by atoms with E-state index < -0.39 is 10.8 Å². The van der Waals surface area contributed by atoms with Crippen LogP contribution in [0.15, 0.2) is 231 Å². The second-order valence-corrected chi connectivity index (χ2v) is 16.7. The molecule has 3 heterocycles. The average molecular weight is 843 g/mol. The summed E-state index contributed by atoms with van der Waals surface area (Å²) in [6.07, 6.45) is 0. The van der Waals surface area contributed by atoms with Gasteiger partial charge in [0.05, 0.1) is 17.1 Å². The summed E-state index contributed by atoms with van der Waals surface area (Å²) in [7, 11) is -1.52. The van der Waals surface area contributed by atoms with Crippen molar-refractivity contribution in [3.63, 3.8) is 0 Å². The average Bonchev–Trinajstić information content (AvgIpc) is 3.65. The van der Waals surface area contributed by atoms with Gasteiger partial charge in [0.2, 0.25) is 5.95 Å². The molecule has 3 aromatic heterocycles. The number of aromatic nitrogens is 4. The van der Waals surface area contributed by atoms with Crippen LogP contribution in [0.2, 0.25) is 0 Å². The monoisotopic (exact) mass is 842 g/mol. The Labute approximate surface area is 373 Å². The molecule has 0 fully saturated rings. The number of anilines is 6. The highest BCUT2D eigenvalue weighted by molar-refractivity contribution is 7.37. The largest absolute Gasteiger partial charge is 0.590 e. The quantitative estimate of drug-likeness (QED) is 0.127. The van der Waals surface area contributed by atoms with E-state index in [4.69, 9.17) is 19.9 Å². The van der Waals surface area contributed by atoms with E-state index in [1.54, 1.807) is 0 Å². The highest BCUT2D eigenvalue weighted by atomic mass is 32.2. The summed E-state index contributed by atoms with van der Waals surface area (Å²) >= 11 is 0. The second kappa shape index (κ2) is 16.9. The van der Waals surface area contributed by atoms with E-state index in [-0.39, 0.29) is 0 Å². The molecule has 0 aliphatic rings. The summed E-state index contributed by atoms with van der Waals surface area (Å²) in [5.41, 5.74) is 9.10. The Kier molecular flexibility index (Phi) is 10.2. The lowest BCUT2D eigenvalue weighted by Crippen LogP contribution is -2.17. The molecule has 0 amide bonds. The van der Waals surface area contributed by atoms with Crippen LogP contribution in [0, 0.1) is 0 Å². The predicted octanol–water partition coefficient (Wildman–Crippen LogP) is 14.9. The van der Waals surface area contributed by atoms with Gasteiger partial charge >= 0.3 is 0 Å². The molecule has 304 valence electrons. The summed E-state index contributed by atoms with van der Waals surface area (Å²) in [6, 6.07) is 77.4. The molecule has 0 N–H and O–H groups in total. The molecule has 1 unspecified atom stereocenters. The zero-order valence-electron chi connectivity index (χ0n) is 34.4. The van der Waals surface area contributed by atoms with Crippen LogP contribution < -0.4 is 9.80 Å². The molecule has 0 saturated heterocycles. The Morgan fingerprint density at radius 3 is 1.23 bits per heavy atom. The van der Waals surface area contributed by atoms with Gasteiger partial charge in [-0.15, -0.1) is 0 Å². The Morgan fingerprint density at radius 1 is 0.328 bits per heavy atom. The molecule has 0 aliphatic carbocycles. The van der Waals surface area contributed by atoms with Gasteiger partial charge in [-0.1, -0.05) is 158 Å². The van der Waals surface area contributed by atoms with Crippen LogP contribution in [0.1, 0.15) is 0 Å². The minimum absolute atomic E-state index is 0.370. The number of pyridine rings is 1. The van der Waals surface area contributed by atoms with Crippen molar-refractivity contribution in [3.05, 3.63) is 231 Å². The molecule has 7 nitrogen and oxygen atoms in total. The molecule has 0 aliphatic heterocycles. The first-order valence-electron chi connectivity index (χ1n) is 21.1. The first kappa shape index (κ1) is 38.6. The highest BCUT2D eigenvalue weighted by Gasteiger charge is 2.26. The number of hydrogen-bond donors (Lipinski definition) is 0. The van der Waals surface area contributed by atoms with E-state index in [9.17, 15) is 4.55 Å². The van der Waals surface area contributed by atoms with E-state index in [0.29, 0.717) is 33.8 Å². The standard InChI is InChI=1S/C56H38N6OS/c63-64-51-37-46(61(44-27-15-5-16-28-44)45-29-17-6-18-30-45)31-33-48(51)49-34-32-47(38-52(49)64)62(53-36-43(39-19-7-1-8-20-39)35-50(57-53)40-21-9-2-10-22-40)56-59-54(41-23-11-3-12-24-41)58-55(60-56)42-25-13-4-14-26-42/h1-38H. The molecule has 0 saturated carbocycles. The Bertz CT molecular complexity index is 3110. The van der Waals surface area contributed by atoms with Crippen molar-refractivity contribution in [3.8, 4) is 45.2 Å². The van der Waals surface area contributed by atoms with Gasteiger partial charge in [0.1, 0.15) is 5.82 Å². The van der Waals surface area contributed by atoms with E-state index in [2.05, 4.69) is 89.8 Å². The molecular weight excluding hydrogens is 805 g/mol. The van der Waals surface area contributed by atoms with Crippen molar-refractivity contribution in [1.29, 1.82) is 0 Å². The Hall–Kier alpha value is -8.30. The van der Waals surface area contributed by atoms with Crippen molar-refractivity contribution in [2.45, 2.75) is 0 Å².